The fourth-order valence-electron chi connectivity index (χ4n) is 8.62. The summed E-state index contributed by atoms with van der Waals surface area (Å²) in [6.07, 6.45) is 1.15. The number of nitrogens with zero attached hydrogens (tertiary/aromatic N) is 3. The molecule has 2 fully saturated rings. The molecule has 1 unspecified atom stereocenters. The van der Waals surface area contributed by atoms with Crippen molar-refractivity contribution < 1.29 is 52.3 Å². The molecule has 0 radical (unpaired) electrons. The third-order valence-corrected chi connectivity index (χ3v) is 12.0. The van der Waals surface area contributed by atoms with E-state index in [2.05, 4.69) is 33.8 Å². The predicted molar refractivity (Wildman–Crippen MR) is 189 cm³/mol. The zero-order valence-corrected chi connectivity index (χ0v) is 31.2. The number of carbonyl (C=O) groups is 3. The molecule has 6 aliphatic rings. The molecule has 15 nitrogen and oxygen atoms in total. The molecule has 1 amide bonds. The van der Waals surface area contributed by atoms with Gasteiger partial charge in [-0.1, -0.05) is 18.7 Å². The number of carbonyl (C=O) groups excluding carboxylic acids is 3. The second-order valence-electron chi connectivity index (χ2n) is 13.5. The van der Waals surface area contributed by atoms with E-state index in [0.717, 1.165) is 16.7 Å². The molecule has 282 valence electrons. The summed E-state index contributed by atoms with van der Waals surface area (Å²) in [5.41, 5.74) is 4.63. The molecule has 2 saturated heterocycles. The van der Waals surface area contributed by atoms with Crippen LogP contribution in [-0.4, -0.2) is 106 Å². The molecule has 7 atom stereocenters. The van der Waals surface area contributed by atoms with Gasteiger partial charge in [-0.2, -0.15) is 5.26 Å². The summed E-state index contributed by atoms with van der Waals surface area (Å²) >= 11 is 1.38. The maximum absolute atomic E-state index is 13.7. The number of hydrogen-bond acceptors (Lipinski definition) is 15. The van der Waals surface area contributed by atoms with Crippen LogP contribution in [0.3, 0.4) is 0 Å². The minimum Gasteiger partial charge on any atom is -0.493 e. The Balaban J connectivity index is 1.50. The lowest BCUT2D eigenvalue weighted by Gasteiger charge is -2.61. The molecule has 16 heteroatoms. The van der Waals surface area contributed by atoms with Gasteiger partial charge in [-0.3, -0.25) is 14.6 Å². The Morgan fingerprint density at radius 1 is 1.13 bits per heavy atom. The van der Waals surface area contributed by atoms with Crippen molar-refractivity contribution in [3.05, 3.63) is 52.1 Å². The fraction of sp³-hybridized carbons (Fsp3) is 0.514. The largest absolute Gasteiger partial charge is 0.493 e. The Bertz CT molecular complexity index is 1900. The number of benzene rings is 2. The van der Waals surface area contributed by atoms with Crippen LogP contribution < -0.4 is 29.0 Å². The number of piperazine rings is 1. The number of nitriles is 1. The number of hydrogen-bond donors (Lipinski definition) is 1. The van der Waals surface area contributed by atoms with Gasteiger partial charge in [0.1, 0.15) is 31.0 Å². The first-order chi connectivity index (χ1) is 25.6. The van der Waals surface area contributed by atoms with Crippen LogP contribution in [0.4, 0.5) is 4.79 Å². The van der Waals surface area contributed by atoms with E-state index in [1.807, 2.05) is 20.9 Å². The number of rotatable bonds is 8. The molecule has 2 aromatic carbocycles. The highest BCUT2D eigenvalue weighted by atomic mass is 32.2. The SMILES string of the molecule is C=CCOC(=O)N[C@@H]1CS[C@@H]2c3c(OC(C)=O)c(C)c4c(c3[C@H](COC1=O)N1C2[C@H]2c3c(cc(C)c(OC)c3OCOC)C[C@@H]([C@@H]1C#N)N2C)OCO4. The number of fused-ring (bicyclic) bond motifs is 10. The summed E-state index contributed by atoms with van der Waals surface area (Å²) in [5, 5.41) is 13.1. The van der Waals surface area contributed by atoms with E-state index < -0.39 is 53.5 Å². The van der Waals surface area contributed by atoms with Gasteiger partial charge in [0.15, 0.2) is 29.8 Å². The van der Waals surface area contributed by atoms with Crippen molar-refractivity contribution >= 4 is 29.8 Å². The van der Waals surface area contributed by atoms with E-state index >= 15 is 0 Å². The van der Waals surface area contributed by atoms with Crippen molar-refractivity contribution in [2.75, 3.05) is 53.8 Å². The van der Waals surface area contributed by atoms with Crippen LogP contribution in [0.5, 0.6) is 28.7 Å². The van der Waals surface area contributed by atoms with Gasteiger partial charge in [0.25, 0.3) is 0 Å². The van der Waals surface area contributed by atoms with Crippen LogP contribution in [0.2, 0.25) is 0 Å². The van der Waals surface area contributed by atoms with E-state index in [1.165, 1.54) is 24.8 Å². The van der Waals surface area contributed by atoms with Crippen LogP contribution >= 0.6 is 11.8 Å². The summed E-state index contributed by atoms with van der Waals surface area (Å²) in [5.74, 6) is 1.13. The van der Waals surface area contributed by atoms with Gasteiger partial charge in [-0.15, -0.1) is 11.8 Å². The van der Waals surface area contributed by atoms with Gasteiger partial charge >= 0.3 is 18.0 Å². The fourth-order valence-corrected chi connectivity index (χ4v) is 10.1. The second kappa shape index (κ2) is 14.6. The van der Waals surface area contributed by atoms with E-state index in [1.54, 1.807) is 14.2 Å². The van der Waals surface area contributed by atoms with Crippen molar-refractivity contribution in [3.8, 4) is 34.8 Å². The van der Waals surface area contributed by atoms with Gasteiger partial charge in [-0.25, -0.2) is 9.59 Å². The van der Waals surface area contributed by atoms with E-state index in [-0.39, 0.29) is 38.6 Å². The predicted octanol–water partition coefficient (Wildman–Crippen LogP) is 3.79. The number of thioether (sulfide) groups is 1. The highest BCUT2D eigenvalue weighted by Crippen LogP contribution is 2.64. The van der Waals surface area contributed by atoms with Gasteiger partial charge < -0.3 is 43.2 Å². The molecule has 4 bridgehead atoms. The van der Waals surface area contributed by atoms with Crippen LogP contribution in [-0.2, 0) is 30.2 Å². The van der Waals surface area contributed by atoms with E-state index in [9.17, 15) is 19.6 Å². The third-order valence-electron chi connectivity index (χ3n) is 10.6. The van der Waals surface area contributed by atoms with E-state index in [4.69, 9.17) is 37.9 Å². The standard InChI is InChI=1S/C37H42N4O11S/c1-8-9-47-37(44)39-21-14-53-35-27-26(34-32(50-16-51-34)18(3)31(27)52-19(4)42)24(13-48-36(21)43)41-23(12-38)22-11-20-10-17(2)30(46-7)33(49-15-45-6)25(20)28(29(35)41)40(22)5/h8,10,21-24,28-29,35H,1,9,11,13-16H2,2-7H3,(H,39,44)/t21-,22+,23+,24+,28-,29?,35-/m1/s1. The minimum atomic E-state index is -1.09. The lowest BCUT2D eigenvalue weighted by Crippen LogP contribution is -2.69. The van der Waals surface area contributed by atoms with Crippen LogP contribution in [0.15, 0.2) is 18.7 Å². The van der Waals surface area contributed by atoms with Gasteiger partial charge in [0, 0.05) is 54.1 Å². The first-order valence-electron chi connectivity index (χ1n) is 17.2. The van der Waals surface area contributed by atoms with Crippen molar-refractivity contribution in [3.63, 3.8) is 0 Å². The normalized spacial score (nSPS) is 26.9. The number of ether oxygens (including phenoxy) is 8. The van der Waals surface area contributed by atoms with Crippen LogP contribution in [0.1, 0.15) is 57.6 Å². The first kappa shape index (κ1) is 36.7. The Hall–Kier alpha value is -4.69. The summed E-state index contributed by atoms with van der Waals surface area (Å²) < 4.78 is 47.0. The molecular formula is C37H42N4O11S. The molecule has 1 N–H and O–H groups in total. The average molecular weight is 751 g/mol. The highest BCUT2D eigenvalue weighted by molar-refractivity contribution is 7.99. The molecule has 0 saturated carbocycles. The van der Waals surface area contributed by atoms with Crippen molar-refractivity contribution in [1.29, 1.82) is 5.26 Å². The van der Waals surface area contributed by atoms with E-state index in [0.29, 0.717) is 51.9 Å². The zero-order valence-electron chi connectivity index (χ0n) is 30.4. The highest BCUT2D eigenvalue weighted by Gasteiger charge is 2.61. The maximum atomic E-state index is 13.7. The topological polar surface area (TPSA) is 167 Å². The quantitative estimate of drug-likeness (QED) is 0.179. The number of likely N-dealkylation sites (N-methyl/N-ethyl adjacent to an activating group) is 1. The Kier molecular flexibility index (Phi) is 10.1. The monoisotopic (exact) mass is 750 g/mol. The Labute approximate surface area is 311 Å². The average Bonchev–Trinajstić information content (AvgIpc) is 3.62. The molecule has 8 rings (SSSR count). The Morgan fingerprint density at radius 3 is 2.60 bits per heavy atom. The van der Waals surface area contributed by atoms with Crippen molar-refractivity contribution in [2.45, 2.75) is 68.7 Å². The van der Waals surface area contributed by atoms with Gasteiger partial charge in [-0.05, 0) is 38.4 Å². The number of esters is 2. The summed E-state index contributed by atoms with van der Waals surface area (Å²) in [4.78, 5) is 43.6. The molecular weight excluding hydrogens is 708 g/mol. The van der Waals surface area contributed by atoms with Gasteiger partial charge in [0.2, 0.25) is 6.79 Å². The number of methoxy groups -OCH3 is 2. The van der Waals surface area contributed by atoms with Gasteiger partial charge in [0.05, 0.1) is 30.5 Å². The van der Waals surface area contributed by atoms with Crippen molar-refractivity contribution in [2.24, 2.45) is 0 Å². The lowest BCUT2D eigenvalue weighted by molar-refractivity contribution is -0.151. The lowest BCUT2D eigenvalue weighted by atomic mass is 9.71. The summed E-state index contributed by atoms with van der Waals surface area (Å²) in [7, 11) is 5.15. The Morgan fingerprint density at radius 2 is 1.91 bits per heavy atom. The molecule has 0 aromatic heterocycles. The molecule has 0 aliphatic carbocycles. The van der Waals surface area contributed by atoms with Crippen molar-refractivity contribution in [1.82, 2.24) is 15.1 Å². The number of alkyl carbamates (subject to hydrolysis) is 1. The zero-order chi connectivity index (χ0) is 37.7. The second-order valence-corrected chi connectivity index (χ2v) is 14.7. The molecule has 53 heavy (non-hydrogen) atoms. The number of aryl methyl sites for hydroxylation is 1. The minimum absolute atomic E-state index is 0.0323. The summed E-state index contributed by atoms with van der Waals surface area (Å²) in [6, 6.07) is 0.967. The van der Waals surface area contributed by atoms with Crippen LogP contribution in [0.25, 0.3) is 0 Å². The van der Waals surface area contributed by atoms with Crippen LogP contribution in [0, 0.1) is 25.2 Å². The summed E-state index contributed by atoms with van der Waals surface area (Å²) in [6.45, 7) is 8.32. The number of amides is 1. The smallest absolute Gasteiger partial charge is 0.408 e. The molecule has 6 heterocycles. The maximum Gasteiger partial charge on any atom is 0.408 e. The first-order valence-corrected chi connectivity index (χ1v) is 18.3. The molecule has 2 aromatic rings. The molecule has 0 spiro atoms. The molecule has 6 aliphatic heterocycles. The third kappa shape index (κ3) is 5.99. The number of nitrogens with one attached hydrogen (secondary N) is 1.